The Kier molecular flexibility index (Phi) is 13.8. The predicted molar refractivity (Wildman–Crippen MR) is 181 cm³/mol. The second-order valence-corrected chi connectivity index (χ2v) is 14.3. The largest absolute Gasteiger partial charge is 0.478 e. The Bertz CT molecular complexity index is 1940. The zero-order valence-corrected chi connectivity index (χ0v) is 30.1. The first-order chi connectivity index (χ1) is 21.6. The summed E-state index contributed by atoms with van der Waals surface area (Å²) < 4.78 is 64.0. The van der Waals surface area contributed by atoms with Gasteiger partial charge in [0.25, 0.3) is 25.9 Å². The molecule has 0 amide bonds. The Balaban J connectivity index is 0.000000259. The maximum absolute atomic E-state index is 12.6. The van der Waals surface area contributed by atoms with Crippen LogP contribution in [0.1, 0.15) is 0 Å². The molecule has 0 aliphatic rings. The van der Waals surface area contributed by atoms with Crippen LogP contribution >= 0.6 is 81.2 Å². The van der Waals surface area contributed by atoms with Crippen LogP contribution in [0.5, 0.6) is 5.88 Å². The van der Waals surface area contributed by atoms with Crippen LogP contribution in [0.15, 0.2) is 52.4 Å². The van der Waals surface area contributed by atoms with Crippen molar-refractivity contribution >= 4 is 119 Å². The quantitative estimate of drug-likeness (QED) is 0.131. The summed E-state index contributed by atoms with van der Waals surface area (Å²) in [6.45, 7) is 0.846. The van der Waals surface area contributed by atoms with E-state index >= 15 is 0 Å². The lowest BCUT2D eigenvalue weighted by atomic mass is 10.4. The summed E-state index contributed by atoms with van der Waals surface area (Å²) in [7, 11) is -5.23. The van der Waals surface area contributed by atoms with Crippen LogP contribution in [-0.2, 0) is 24.8 Å². The van der Waals surface area contributed by atoms with Gasteiger partial charge in [-0.3, -0.25) is 9.44 Å². The van der Waals surface area contributed by atoms with Gasteiger partial charge in [-0.1, -0.05) is 93.3 Å². The van der Waals surface area contributed by atoms with Gasteiger partial charge in [0, 0.05) is 13.7 Å². The average molecular weight is 815 g/mol. The minimum absolute atomic E-state index is 0.0405. The van der Waals surface area contributed by atoms with Crippen molar-refractivity contribution in [2.24, 2.45) is 0 Å². The molecule has 2 aromatic carbocycles. The first-order valence-corrected chi connectivity index (χ1v) is 17.7. The number of rotatable bonds is 11. The van der Waals surface area contributed by atoms with Crippen LogP contribution in [0.3, 0.4) is 0 Å². The minimum Gasteiger partial charge on any atom is -0.478 e. The molecule has 0 radical (unpaired) electrons. The number of halogens is 7. The second kappa shape index (κ2) is 16.7. The van der Waals surface area contributed by atoms with Crippen LogP contribution < -0.4 is 19.5 Å². The van der Waals surface area contributed by atoms with Crippen molar-refractivity contribution in [2.75, 3.05) is 42.1 Å². The summed E-state index contributed by atoms with van der Waals surface area (Å²) in [6, 6.07) is 8.46. The van der Waals surface area contributed by atoms with Crippen LogP contribution in [0.25, 0.3) is 0 Å². The molecular weight excluding hydrogens is 795 g/mol. The van der Waals surface area contributed by atoms with E-state index in [2.05, 4.69) is 34.7 Å². The van der Waals surface area contributed by atoms with E-state index in [0.717, 1.165) is 6.20 Å². The zero-order chi connectivity index (χ0) is 34.2. The molecule has 3 N–H and O–H groups in total. The molecule has 0 saturated carbocycles. The number of hydrogen-bond donors (Lipinski definition) is 3. The van der Waals surface area contributed by atoms with Gasteiger partial charge >= 0.3 is 0 Å². The smallest absolute Gasteiger partial charge is 0.264 e. The highest BCUT2D eigenvalue weighted by Crippen LogP contribution is 2.33. The molecule has 0 bridgehead atoms. The van der Waals surface area contributed by atoms with Gasteiger partial charge in [-0.25, -0.2) is 31.8 Å². The fourth-order valence-electron chi connectivity index (χ4n) is 3.16. The fourth-order valence-corrected chi connectivity index (χ4v) is 7.31. The zero-order valence-electron chi connectivity index (χ0n) is 23.2. The molecule has 13 nitrogen and oxygen atoms in total. The summed E-state index contributed by atoms with van der Waals surface area (Å²) in [5, 5.41) is 2.72. The summed E-state index contributed by atoms with van der Waals surface area (Å²) in [4.78, 5) is 15.1. The highest BCUT2D eigenvalue weighted by molar-refractivity contribution is 7.93. The number of nitrogens with one attached hydrogen (secondary N) is 3. The lowest BCUT2D eigenvalue weighted by molar-refractivity contribution is 0.210. The molecule has 0 spiro atoms. The van der Waals surface area contributed by atoms with Crippen LogP contribution in [0, 0.1) is 0 Å². The Morgan fingerprint density at radius 2 is 1.22 bits per heavy atom. The average Bonchev–Trinajstić information content (AvgIpc) is 2.98. The van der Waals surface area contributed by atoms with E-state index in [0.29, 0.717) is 13.2 Å². The SMILES string of the molecule is COCCNc1nc(OC)c(NS(=O)(=O)c2cccc(Cl)c2Cl)nc1Cl.O=S(=O)(Nc1ncc(Cl)nc1Cl)c1cccc(Cl)c1Cl. The minimum atomic E-state index is -4.10. The second-order valence-electron chi connectivity index (χ2n) is 8.29. The molecule has 0 aliphatic carbocycles. The summed E-state index contributed by atoms with van der Waals surface area (Å²) >= 11 is 40.9. The molecule has 2 aromatic heterocycles. The van der Waals surface area contributed by atoms with E-state index in [1.807, 2.05) is 0 Å². The van der Waals surface area contributed by atoms with Gasteiger partial charge in [-0.05, 0) is 24.3 Å². The van der Waals surface area contributed by atoms with Crippen LogP contribution in [-0.4, -0.2) is 64.1 Å². The first kappa shape index (κ1) is 38.1. The highest BCUT2D eigenvalue weighted by Gasteiger charge is 2.24. The van der Waals surface area contributed by atoms with Gasteiger partial charge in [-0.2, -0.15) is 4.98 Å². The molecule has 46 heavy (non-hydrogen) atoms. The number of benzene rings is 2. The van der Waals surface area contributed by atoms with Crippen molar-refractivity contribution in [3.63, 3.8) is 0 Å². The van der Waals surface area contributed by atoms with E-state index in [-0.39, 0.29) is 68.7 Å². The molecule has 248 valence electrons. The van der Waals surface area contributed by atoms with Gasteiger partial charge in [0.2, 0.25) is 5.82 Å². The number of methoxy groups -OCH3 is 2. The van der Waals surface area contributed by atoms with Gasteiger partial charge in [0.15, 0.2) is 21.9 Å². The number of hydrogen-bond acceptors (Lipinski definition) is 11. The highest BCUT2D eigenvalue weighted by atomic mass is 35.5. The molecule has 0 atom stereocenters. The van der Waals surface area contributed by atoms with Gasteiger partial charge in [0.05, 0.1) is 40.0 Å². The maximum atomic E-state index is 12.6. The summed E-state index contributed by atoms with van der Waals surface area (Å²) in [5.74, 6) is -0.196. The Labute approximate surface area is 298 Å². The number of anilines is 3. The van der Waals surface area contributed by atoms with E-state index in [1.54, 1.807) is 7.11 Å². The number of aromatic nitrogens is 4. The third-order valence-corrected chi connectivity index (χ3v) is 10.5. The van der Waals surface area contributed by atoms with Crippen molar-refractivity contribution in [3.8, 4) is 5.88 Å². The predicted octanol–water partition coefficient (Wildman–Crippen LogP) is 7.20. The maximum Gasteiger partial charge on any atom is 0.264 e. The van der Waals surface area contributed by atoms with Crippen molar-refractivity contribution in [3.05, 3.63) is 78.1 Å². The number of ether oxygens (including phenoxy) is 2. The topological polar surface area (TPSA) is 174 Å². The van der Waals surface area contributed by atoms with Gasteiger partial charge in [-0.15, -0.1) is 0 Å². The normalized spacial score (nSPS) is 11.3. The first-order valence-electron chi connectivity index (χ1n) is 12.1. The molecule has 2 heterocycles. The van der Waals surface area contributed by atoms with Crippen molar-refractivity contribution in [2.45, 2.75) is 9.79 Å². The molecule has 0 saturated heterocycles. The van der Waals surface area contributed by atoms with Crippen LogP contribution in [0.2, 0.25) is 35.5 Å². The Morgan fingerprint density at radius 1 is 0.696 bits per heavy atom. The molecule has 0 fully saturated rings. The van der Waals surface area contributed by atoms with Crippen molar-refractivity contribution < 1.29 is 26.3 Å². The third-order valence-electron chi connectivity index (χ3n) is 5.19. The van der Waals surface area contributed by atoms with E-state index < -0.39 is 20.0 Å². The lowest BCUT2D eigenvalue weighted by Gasteiger charge is -2.14. The Morgan fingerprint density at radius 3 is 1.72 bits per heavy atom. The van der Waals surface area contributed by atoms with Crippen molar-refractivity contribution in [1.82, 2.24) is 19.9 Å². The molecule has 4 aromatic rings. The summed E-state index contributed by atoms with van der Waals surface area (Å²) in [6.07, 6.45) is 1.16. The molecule has 4 rings (SSSR count). The standard InChI is InChI=1S/C14H15Cl3N4O4S.C10H5Cl4N3O2S/c1-24-7-6-18-12-11(17)19-13(14(20-12)25-2)21-26(22,23)9-5-3-4-8(15)10(9)16;11-5-2-1-3-6(8(5)13)20(18,19)17-10-9(14)16-7(12)4-15-10/h3-5H,6-7H2,1-2H3,(H,18,20)(H,19,21);1-4H,(H,15,17). The van der Waals surface area contributed by atoms with Gasteiger partial charge < -0.3 is 14.8 Å². The molecular formula is C24H20Cl7N7O6S2. The summed E-state index contributed by atoms with van der Waals surface area (Å²) in [5.41, 5.74) is 0. The van der Waals surface area contributed by atoms with Gasteiger partial charge in [0.1, 0.15) is 14.9 Å². The van der Waals surface area contributed by atoms with E-state index in [4.69, 9.17) is 90.7 Å². The number of sulfonamides is 2. The molecule has 22 heteroatoms. The third kappa shape index (κ3) is 9.86. The lowest BCUT2D eigenvalue weighted by Crippen LogP contribution is -2.17. The van der Waals surface area contributed by atoms with Crippen LogP contribution in [0.4, 0.5) is 17.5 Å². The van der Waals surface area contributed by atoms with E-state index in [1.165, 1.54) is 43.5 Å². The number of nitrogens with zero attached hydrogens (tertiary/aromatic N) is 4. The monoisotopic (exact) mass is 811 g/mol. The molecule has 0 unspecified atom stereocenters. The Hall–Kier alpha value is -2.31. The van der Waals surface area contributed by atoms with Crippen molar-refractivity contribution in [1.29, 1.82) is 0 Å². The van der Waals surface area contributed by atoms with E-state index in [9.17, 15) is 16.8 Å². The fraction of sp³-hybridized carbons (Fsp3) is 0.167. The molecule has 0 aliphatic heterocycles.